The third-order valence-corrected chi connectivity index (χ3v) is 4.54. The van der Waals surface area contributed by atoms with Gasteiger partial charge in [0.05, 0.1) is 19.1 Å². The van der Waals surface area contributed by atoms with Gasteiger partial charge in [-0.1, -0.05) is 25.1 Å². The van der Waals surface area contributed by atoms with Crippen molar-refractivity contribution in [2.75, 3.05) is 6.61 Å². The number of H-pyrrole nitrogens is 1. The molecular weight excluding hydrogens is 328 g/mol. The molecule has 3 aromatic rings. The van der Waals surface area contributed by atoms with Crippen molar-refractivity contribution in [2.45, 2.75) is 31.7 Å². The molecule has 2 atom stereocenters. The quantitative estimate of drug-likeness (QED) is 0.715. The fourth-order valence-electron chi connectivity index (χ4n) is 3.13. The summed E-state index contributed by atoms with van der Waals surface area (Å²) in [5.74, 6) is 1.61. The van der Waals surface area contributed by atoms with E-state index in [2.05, 4.69) is 16.9 Å². The lowest BCUT2D eigenvalue weighted by atomic mass is 10.0. The predicted octanol–water partition coefficient (Wildman–Crippen LogP) is 4.42. The van der Waals surface area contributed by atoms with Crippen molar-refractivity contribution in [3.63, 3.8) is 0 Å². The lowest BCUT2D eigenvalue weighted by Gasteiger charge is -2.28. The molecule has 1 aromatic heterocycles. The Labute approximate surface area is 152 Å². The molecule has 5 heteroatoms. The lowest BCUT2D eigenvalue weighted by molar-refractivity contribution is -0.177. The van der Waals surface area contributed by atoms with E-state index in [0.717, 1.165) is 29.3 Å². The molecule has 0 aliphatic carbocycles. The second-order valence-electron chi connectivity index (χ2n) is 6.36. The fourth-order valence-corrected chi connectivity index (χ4v) is 3.13. The van der Waals surface area contributed by atoms with Crippen LogP contribution in [0.3, 0.4) is 0 Å². The van der Waals surface area contributed by atoms with Gasteiger partial charge in [0.2, 0.25) is 5.79 Å². The Kier molecular flexibility index (Phi) is 4.73. The average molecular weight is 350 g/mol. The molecule has 26 heavy (non-hydrogen) atoms. The van der Waals surface area contributed by atoms with Crippen LogP contribution in [0, 0.1) is 0 Å². The zero-order chi connectivity index (χ0) is 17.8. The van der Waals surface area contributed by atoms with Crippen molar-refractivity contribution in [2.24, 2.45) is 0 Å². The van der Waals surface area contributed by atoms with E-state index in [4.69, 9.17) is 14.2 Å². The Balaban J connectivity index is 1.57. The number of nitrogens with one attached hydrogen (secondary N) is 1. The topological polar surface area (TPSA) is 56.4 Å². The highest BCUT2D eigenvalue weighted by molar-refractivity contribution is 5.35. The summed E-state index contributed by atoms with van der Waals surface area (Å²) in [7, 11) is 0. The largest absolute Gasteiger partial charge is 0.457 e. The summed E-state index contributed by atoms with van der Waals surface area (Å²) in [5, 5.41) is 0. The number of nitrogens with zero attached hydrogens (tertiary/aromatic N) is 1. The van der Waals surface area contributed by atoms with E-state index in [1.165, 1.54) is 0 Å². The van der Waals surface area contributed by atoms with Crippen molar-refractivity contribution in [1.82, 2.24) is 9.97 Å². The minimum atomic E-state index is -0.816. The highest BCUT2D eigenvalue weighted by Crippen LogP contribution is 2.38. The van der Waals surface area contributed by atoms with E-state index >= 15 is 0 Å². The summed E-state index contributed by atoms with van der Waals surface area (Å²) in [6.45, 7) is 2.69. The number of hydrogen-bond donors (Lipinski definition) is 1. The first kappa shape index (κ1) is 16.8. The van der Waals surface area contributed by atoms with Crippen LogP contribution >= 0.6 is 0 Å². The van der Waals surface area contributed by atoms with Crippen LogP contribution in [0.1, 0.15) is 24.7 Å². The summed E-state index contributed by atoms with van der Waals surface area (Å²) in [6, 6.07) is 17.6. The predicted molar refractivity (Wildman–Crippen MR) is 98.0 cm³/mol. The van der Waals surface area contributed by atoms with Gasteiger partial charge in [0.15, 0.2) is 0 Å². The number of hydrogen-bond acceptors (Lipinski definition) is 4. The first-order valence-electron chi connectivity index (χ1n) is 8.91. The normalized spacial score (nSPS) is 22.4. The number of benzene rings is 2. The molecule has 1 saturated heterocycles. The zero-order valence-corrected chi connectivity index (χ0v) is 14.7. The SMILES string of the molecule is CCC1COC(Cc2ncc[nH]2)(c2ccc(Oc3ccccc3)cc2)O1. The fraction of sp³-hybridized carbons (Fsp3) is 0.286. The smallest absolute Gasteiger partial charge is 0.202 e. The molecule has 4 rings (SSSR count). The molecule has 0 bridgehead atoms. The Morgan fingerprint density at radius 2 is 1.88 bits per heavy atom. The molecule has 2 heterocycles. The van der Waals surface area contributed by atoms with E-state index in [9.17, 15) is 0 Å². The molecule has 2 unspecified atom stereocenters. The summed E-state index contributed by atoms with van der Waals surface area (Å²) in [4.78, 5) is 7.47. The molecule has 1 aliphatic rings. The first-order chi connectivity index (χ1) is 12.8. The molecule has 0 radical (unpaired) electrons. The number of para-hydroxylation sites is 1. The molecule has 134 valence electrons. The van der Waals surface area contributed by atoms with Gasteiger partial charge in [-0.05, 0) is 42.8 Å². The van der Waals surface area contributed by atoms with Crippen LogP contribution in [0.4, 0.5) is 0 Å². The maximum absolute atomic E-state index is 6.29. The van der Waals surface area contributed by atoms with Crippen LogP contribution in [0.25, 0.3) is 0 Å². The Hall–Kier alpha value is -2.63. The second-order valence-corrected chi connectivity index (χ2v) is 6.36. The number of imidazole rings is 1. The van der Waals surface area contributed by atoms with Gasteiger partial charge < -0.3 is 19.2 Å². The van der Waals surface area contributed by atoms with Gasteiger partial charge in [-0.3, -0.25) is 0 Å². The molecule has 0 spiro atoms. The Bertz CT molecular complexity index is 818. The van der Waals surface area contributed by atoms with E-state index in [1.54, 1.807) is 6.20 Å². The van der Waals surface area contributed by atoms with E-state index in [1.807, 2.05) is 60.8 Å². The highest BCUT2D eigenvalue weighted by Gasteiger charge is 2.43. The van der Waals surface area contributed by atoms with Crippen molar-refractivity contribution < 1.29 is 14.2 Å². The molecule has 1 fully saturated rings. The summed E-state index contributed by atoms with van der Waals surface area (Å²) >= 11 is 0. The van der Waals surface area contributed by atoms with Crippen LogP contribution < -0.4 is 4.74 Å². The van der Waals surface area contributed by atoms with Crippen molar-refractivity contribution >= 4 is 0 Å². The maximum atomic E-state index is 6.29. The standard InChI is InChI=1S/C21H22N2O3/c1-2-17-15-24-21(26-17,14-20-22-12-13-23-20)16-8-10-19(11-9-16)25-18-6-4-3-5-7-18/h3-13,17H,2,14-15H2,1H3,(H,22,23). The van der Waals surface area contributed by atoms with Crippen LogP contribution in [0.5, 0.6) is 11.5 Å². The minimum Gasteiger partial charge on any atom is -0.457 e. The van der Waals surface area contributed by atoms with Gasteiger partial charge in [-0.2, -0.15) is 0 Å². The molecule has 1 N–H and O–H groups in total. The zero-order valence-electron chi connectivity index (χ0n) is 14.7. The number of rotatable bonds is 6. The van der Waals surface area contributed by atoms with Gasteiger partial charge in [0.25, 0.3) is 0 Å². The van der Waals surface area contributed by atoms with Crippen LogP contribution in [-0.2, 0) is 21.7 Å². The Morgan fingerprint density at radius 1 is 1.12 bits per heavy atom. The molecule has 2 aromatic carbocycles. The lowest BCUT2D eigenvalue weighted by Crippen LogP contribution is -2.31. The number of ether oxygens (including phenoxy) is 3. The van der Waals surface area contributed by atoms with Crippen LogP contribution in [-0.4, -0.2) is 22.7 Å². The Morgan fingerprint density at radius 3 is 2.54 bits per heavy atom. The maximum Gasteiger partial charge on any atom is 0.202 e. The summed E-state index contributed by atoms with van der Waals surface area (Å²) in [5.41, 5.74) is 0.963. The highest BCUT2D eigenvalue weighted by atomic mass is 16.7. The van der Waals surface area contributed by atoms with E-state index < -0.39 is 5.79 Å². The minimum absolute atomic E-state index is 0.0882. The average Bonchev–Trinajstić information content (AvgIpc) is 3.34. The third kappa shape index (κ3) is 3.49. The first-order valence-corrected chi connectivity index (χ1v) is 8.91. The molecular formula is C21H22N2O3. The second kappa shape index (κ2) is 7.32. The monoisotopic (exact) mass is 350 g/mol. The van der Waals surface area contributed by atoms with E-state index in [0.29, 0.717) is 13.0 Å². The summed E-state index contributed by atoms with van der Waals surface area (Å²) < 4.78 is 18.3. The van der Waals surface area contributed by atoms with Gasteiger partial charge >= 0.3 is 0 Å². The van der Waals surface area contributed by atoms with Gasteiger partial charge in [-0.25, -0.2) is 4.98 Å². The van der Waals surface area contributed by atoms with Crippen LogP contribution in [0.15, 0.2) is 67.0 Å². The van der Waals surface area contributed by atoms with Gasteiger partial charge in [0, 0.05) is 18.0 Å². The number of aromatic nitrogens is 2. The molecule has 0 saturated carbocycles. The van der Waals surface area contributed by atoms with Crippen molar-refractivity contribution in [3.05, 3.63) is 78.4 Å². The van der Waals surface area contributed by atoms with Crippen LogP contribution in [0.2, 0.25) is 0 Å². The van der Waals surface area contributed by atoms with Crippen molar-refractivity contribution in [1.29, 1.82) is 0 Å². The summed E-state index contributed by atoms with van der Waals surface area (Å²) in [6.07, 6.45) is 5.09. The van der Waals surface area contributed by atoms with Gasteiger partial charge in [0.1, 0.15) is 17.3 Å². The number of aromatic amines is 1. The molecule has 1 aliphatic heterocycles. The molecule has 5 nitrogen and oxygen atoms in total. The molecule has 0 amide bonds. The van der Waals surface area contributed by atoms with E-state index in [-0.39, 0.29) is 6.10 Å². The third-order valence-electron chi connectivity index (χ3n) is 4.54. The van der Waals surface area contributed by atoms with Gasteiger partial charge in [-0.15, -0.1) is 0 Å². The van der Waals surface area contributed by atoms with Crippen molar-refractivity contribution in [3.8, 4) is 11.5 Å².